The second-order valence-electron chi connectivity index (χ2n) is 6.90. The fraction of sp³-hybridized carbons (Fsp3) is 0.500. The molecule has 1 aromatic carbocycles. The van der Waals surface area contributed by atoms with E-state index in [1.54, 1.807) is 17.0 Å². The molecule has 0 radical (unpaired) electrons. The van der Waals surface area contributed by atoms with E-state index < -0.39 is 10.0 Å². The zero-order chi connectivity index (χ0) is 19.6. The van der Waals surface area contributed by atoms with Crippen LogP contribution in [0.5, 0.6) is 0 Å². The molecule has 0 saturated heterocycles. The SMILES string of the molecule is CC(=O)N1CCCc2cc(S(=O)(=O)NCCc3nnc(C(C)C)o3)ccc21. The molecule has 1 aliphatic rings. The van der Waals surface area contributed by atoms with Gasteiger partial charge in [-0.05, 0) is 36.6 Å². The van der Waals surface area contributed by atoms with Crippen molar-refractivity contribution >= 4 is 21.6 Å². The Morgan fingerprint density at radius 2 is 2.11 bits per heavy atom. The van der Waals surface area contributed by atoms with Gasteiger partial charge >= 0.3 is 0 Å². The van der Waals surface area contributed by atoms with Gasteiger partial charge in [0.2, 0.25) is 27.7 Å². The van der Waals surface area contributed by atoms with Crippen molar-refractivity contribution in [1.29, 1.82) is 0 Å². The van der Waals surface area contributed by atoms with Gasteiger partial charge < -0.3 is 9.32 Å². The third-order valence-electron chi connectivity index (χ3n) is 4.47. The molecule has 1 N–H and O–H groups in total. The van der Waals surface area contributed by atoms with Gasteiger partial charge in [-0.1, -0.05) is 13.8 Å². The van der Waals surface area contributed by atoms with Crippen molar-refractivity contribution in [2.75, 3.05) is 18.0 Å². The number of rotatable bonds is 6. The Hall–Kier alpha value is -2.26. The molecule has 8 nitrogen and oxygen atoms in total. The van der Waals surface area contributed by atoms with E-state index in [1.165, 1.54) is 13.0 Å². The Morgan fingerprint density at radius 1 is 1.33 bits per heavy atom. The molecule has 1 aromatic heterocycles. The minimum atomic E-state index is -3.65. The average Bonchev–Trinajstić information content (AvgIpc) is 3.09. The molecule has 1 aliphatic heterocycles. The van der Waals surface area contributed by atoms with Crippen molar-refractivity contribution in [1.82, 2.24) is 14.9 Å². The lowest BCUT2D eigenvalue weighted by Gasteiger charge is -2.28. The lowest BCUT2D eigenvalue weighted by atomic mass is 10.0. The van der Waals surface area contributed by atoms with E-state index in [0.717, 1.165) is 24.1 Å². The maximum atomic E-state index is 12.6. The molecule has 1 amide bonds. The van der Waals surface area contributed by atoms with Crippen molar-refractivity contribution in [3.8, 4) is 0 Å². The summed E-state index contributed by atoms with van der Waals surface area (Å²) in [5, 5.41) is 7.86. The Balaban J connectivity index is 1.68. The Labute approximate surface area is 159 Å². The summed E-state index contributed by atoms with van der Waals surface area (Å²) in [6.07, 6.45) is 1.89. The van der Waals surface area contributed by atoms with E-state index in [0.29, 0.717) is 24.7 Å². The number of aromatic nitrogens is 2. The summed E-state index contributed by atoms with van der Waals surface area (Å²) in [6, 6.07) is 4.89. The molecule has 0 unspecified atom stereocenters. The van der Waals surface area contributed by atoms with Crippen LogP contribution >= 0.6 is 0 Å². The number of aryl methyl sites for hydroxylation is 1. The maximum Gasteiger partial charge on any atom is 0.240 e. The van der Waals surface area contributed by atoms with E-state index in [9.17, 15) is 13.2 Å². The molecule has 0 atom stereocenters. The van der Waals surface area contributed by atoms with Gasteiger partial charge in [-0.3, -0.25) is 4.79 Å². The number of fused-ring (bicyclic) bond motifs is 1. The van der Waals surface area contributed by atoms with Gasteiger partial charge in [-0.25, -0.2) is 13.1 Å². The molecule has 2 aromatic rings. The van der Waals surface area contributed by atoms with Gasteiger partial charge in [0.25, 0.3) is 0 Å². The molecule has 0 fully saturated rings. The number of carbonyl (C=O) groups is 1. The largest absolute Gasteiger partial charge is 0.425 e. The highest BCUT2D eigenvalue weighted by molar-refractivity contribution is 7.89. The number of benzene rings is 1. The number of nitrogens with one attached hydrogen (secondary N) is 1. The topological polar surface area (TPSA) is 105 Å². The van der Waals surface area contributed by atoms with E-state index in [-0.39, 0.29) is 23.3 Å². The molecule has 0 bridgehead atoms. The van der Waals surface area contributed by atoms with Crippen LogP contribution in [0.4, 0.5) is 5.69 Å². The predicted molar refractivity (Wildman–Crippen MR) is 100 cm³/mol. The number of amides is 1. The first-order valence-electron chi connectivity index (χ1n) is 9.01. The summed E-state index contributed by atoms with van der Waals surface area (Å²) in [5.74, 6) is 1.04. The van der Waals surface area contributed by atoms with Crippen molar-refractivity contribution in [3.63, 3.8) is 0 Å². The minimum Gasteiger partial charge on any atom is -0.425 e. The third-order valence-corrected chi connectivity index (χ3v) is 5.93. The molecule has 0 saturated carbocycles. The summed E-state index contributed by atoms with van der Waals surface area (Å²) in [5.41, 5.74) is 1.66. The van der Waals surface area contributed by atoms with Crippen LogP contribution < -0.4 is 9.62 Å². The molecule has 9 heteroatoms. The van der Waals surface area contributed by atoms with Gasteiger partial charge in [-0.15, -0.1) is 10.2 Å². The van der Waals surface area contributed by atoms with Crippen molar-refractivity contribution < 1.29 is 17.6 Å². The van der Waals surface area contributed by atoms with Gasteiger partial charge in [-0.2, -0.15) is 0 Å². The Bertz CT molecular complexity index is 937. The highest BCUT2D eigenvalue weighted by Crippen LogP contribution is 2.29. The molecule has 0 spiro atoms. The second-order valence-corrected chi connectivity index (χ2v) is 8.67. The minimum absolute atomic E-state index is 0.0370. The molecule has 3 rings (SSSR count). The second kappa shape index (κ2) is 7.77. The summed E-state index contributed by atoms with van der Waals surface area (Å²) in [7, 11) is -3.65. The standard InChI is InChI=1S/C18H24N4O4S/c1-12(2)18-21-20-17(26-18)8-9-19-27(24,25)15-6-7-16-14(11-15)5-4-10-22(16)13(3)23/h6-7,11-12,19H,4-5,8-10H2,1-3H3. The monoisotopic (exact) mass is 392 g/mol. The van der Waals surface area contributed by atoms with Crippen molar-refractivity contribution in [3.05, 3.63) is 35.5 Å². The fourth-order valence-corrected chi connectivity index (χ4v) is 4.13. The molecular formula is C18H24N4O4S. The maximum absolute atomic E-state index is 12.6. The van der Waals surface area contributed by atoms with Crippen LogP contribution in [0.15, 0.2) is 27.5 Å². The van der Waals surface area contributed by atoms with Crippen LogP contribution in [0.3, 0.4) is 0 Å². The molecule has 2 heterocycles. The van der Waals surface area contributed by atoms with Crippen LogP contribution in [0, 0.1) is 0 Å². The Morgan fingerprint density at radius 3 is 2.78 bits per heavy atom. The molecule has 0 aliphatic carbocycles. The van der Waals surface area contributed by atoms with Crippen molar-refractivity contribution in [2.45, 2.75) is 50.8 Å². The third kappa shape index (κ3) is 4.36. The number of carbonyl (C=O) groups excluding carboxylic acids is 1. The smallest absolute Gasteiger partial charge is 0.240 e. The van der Waals surface area contributed by atoms with Gasteiger partial charge in [0, 0.05) is 38.0 Å². The molecule has 27 heavy (non-hydrogen) atoms. The van der Waals surface area contributed by atoms with E-state index in [1.807, 2.05) is 13.8 Å². The van der Waals surface area contributed by atoms with Gasteiger partial charge in [0.1, 0.15) is 0 Å². The van der Waals surface area contributed by atoms with Crippen LogP contribution in [-0.4, -0.2) is 37.6 Å². The number of nitrogens with zero attached hydrogens (tertiary/aromatic N) is 3. The average molecular weight is 392 g/mol. The van der Waals surface area contributed by atoms with Crippen molar-refractivity contribution in [2.24, 2.45) is 0 Å². The van der Waals surface area contributed by atoms with Crippen LogP contribution in [-0.2, 0) is 27.7 Å². The zero-order valence-electron chi connectivity index (χ0n) is 15.7. The van der Waals surface area contributed by atoms with Crippen LogP contribution in [0.1, 0.15) is 50.5 Å². The first-order chi connectivity index (χ1) is 12.8. The first-order valence-corrected chi connectivity index (χ1v) is 10.5. The number of hydrogen-bond acceptors (Lipinski definition) is 6. The summed E-state index contributed by atoms with van der Waals surface area (Å²) >= 11 is 0. The molecule has 146 valence electrons. The normalized spacial score (nSPS) is 14.4. The van der Waals surface area contributed by atoms with Crippen LogP contribution in [0.2, 0.25) is 0 Å². The van der Waals surface area contributed by atoms with E-state index in [2.05, 4.69) is 14.9 Å². The number of hydrogen-bond donors (Lipinski definition) is 1. The summed E-state index contributed by atoms with van der Waals surface area (Å²) in [6.45, 7) is 6.24. The van der Waals surface area contributed by atoms with Gasteiger partial charge in [0.15, 0.2) is 0 Å². The summed E-state index contributed by atoms with van der Waals surface area (Å²) in [4.78, 5) is 13.6. The van der Waals surface area contributed by atoms with E-state index >= 15 is 0 Å². The highest BCUT2D eigenvalue weighted by Gasteiger charge is 2.23. The quantitative estimate of drug-likeness (QED) is 0.806. The fourth-order valence-electron chi connectivity index (χ4n) is 3.04. The summed E-state index contributed by atoms with van der Waals surface area (Å²) < 4.78 is 33.2. The molecular weight excluding hydrogens is 368 g/mol. The van der Waals surface area contributed by atoms with Crippen LogP contribution in [0.25, 0.3) is 0 Å². The first kappa shape index (κ1) is 19.5. The predicted octanol–water partition coefficient (Wildman–Crippen LogP) is 2.01. The van der Waals surface area contributed by atoms with E-state index in [4.69, 9.17) is 4.42 Å². The number of sulfonamides is 1. The highest BCUT2D eigenvalue weighted by atomic mass is 32.2. The lowest BCUT2D eigenvalue weighted by Crippen LogP contribution is -2.33. The lowest BCUT2D eigenvalue weighted by molar-refractivity contribution is -0.116. The van der Waals surface area contributed by atoms with Gasteiger partial charge in [0.05, 0.1) is 4.90 Å². The Kier molecular flexibility index (Phi) is 5.61. The zero-order valence-corrected chi connectivity index (χ0v) is 16.5. The number of anilines is 1.